The normalized spacial score (nSPS) is 12.2. The van der Waals surface area contributed by atoms with Crippen LogP contribution in [0.25, 0.3) is 0 Å². The van der Waals surface area contributed by atoms with E-state index in [0.717, 1.165) is 15.6 Å². The smallest absolute Gasteiger partial charge is 0.221 e. The molecule has 28 heavy (non-hydrogen) atoms. The number of nitrogens with zero attached hydrogens (tertiary/aromatic N) is 1. The second kappa shape index (κ2) is 10.4. The highest BCUT2D eigenvalue weighted by Crippen LogP contribution is 2.32. The third kappa shape index (κ3) is 5.77. The number of rotatable bonds is 8. The zero-order chi connectivity index (χ0) is 20.5. The molecule has 0 saturated carbocycles. The molecular weight excluding hydrogens is 420 g/mol. The molecule has 0 fully saturated rings. The summed E-state index contributed by atoms with van der Waals surface area (Å²) < 4.78 is 11.7. The van der Waals surface area contributed by atoms with E-state index in [0.29, 0.717) is 11.5 Å². The minimum Gasteiger partial charge on any atom is -0.493 e. The molecule has 0 bridgehead atoms. The molecule has 0 heterocycles. The molecule has 1 N–H and O–H groups in total. The van der Waals surface area contributed by atoms with Gasteiger partial charge in [0.1, 0.15) is 12.6 Å². The van der Waals surface area contributed by atoms with E-state index in [1.54, 1.807) is 13.2 Å². The number of halogens is 1. The zero-order valence-corrected chi connectivity index (χ0v) is 17.3. The van der Waals surface area contributed by atoms with Gasteiger partial charge in [0.05, 0.1) is 13.2 Å². The lowest BCUT2D eigenvalue weighted by atomic mass is 9.96. The van der Waals surface area contributed by atoms with E-state index in [1.807, 2.05) is 43.3 Å². The van der Waals surface area contributed by atoms with Crippen molar-refractivity contribution in [2.24, 2.45) is 0 Å². The van der Waals surface area contributed by atoms with Gasteiger partial charge in [-0.25, -0.2) is 0 Å². The Morgan fingerprint density at radius 1 is 1.21 bits per heavy atom. The molecule has 2 aromatic rings. The minimum absolute atomic E-state index is 0.0696. The predicted octanol–water partition coefficient (Wildman–Crippen LogP) is 4.34. The maximum Gasteiger partial charge on any atom is 0.221 e. The summed E-state index contributed by atoms with van der Waals surface area (Å²) in [6.07, 6.45) is 5.45. The third-order valence-corrected chi connectivity index (χ3v) is 4.73. The quantitative estimate of drug-likeness (QED) is 0.619. The molecule has 0 saturated heterocycles. The van der Waals surface area contributed by atoms with E-state index in [1.165, 1.54) is 0 Å². The molecule has 144 valence electrons. The summed E-state index contributed by atoms with van der Waals surface area (Å²) in [6.45, 7) is 2.09. The Labute approximate surface area is 173 Å². The van der Waals surface area contributed by atoms with Crippen molar-refractivity contribution < 1.29 is 14.3 Å². The molecule has 5 nitrogen and oxygen atoms in total. The van der Waals surface area contributed by atoms with Crippen LogP contribution >= 0.6 is 15.9 Å². The highest BCUT2D eigenvalue weighted by Gasteiger charge is 2.18. The van der Waals surface area contributed by atoms with Gasteiger partial charge in [0, 0.05) is 10.9 Å². The molecule has 0 spiro atoms. The van der Waals surface area contributed by atoms with E-state index >= 15 is 0 Å². The van der Waals surface area contributed by atoms with Gasteiger partial charge in [-0.05, 0) is 41.3 Å². The van der Waals surface area contributed by atoms with E-state index in [9.17, 15) is 10.1 Å². The van der Waals surface area contributed by atoms with Gasteiger partial charge in [-0.3, -0.25) is 4.79 Å². The predicted molar refractivity (Wildman–Crippen MR) is 111 cm³/mol. The number of hydrogen-bond donors (Lipinski definition) is 1. The SMILES string of the molecule is C#CCOc1ccc(C(C)CC(=O)NC(C#N)c2ccc(Br)cc2)cc1OC. The molecule has 0 aliphatic carbocycles. The Kier molecular flexibility index (Phi) is 7.92. The summed E-state index contributed by atoms with van der Waals surface area (Å²) in [6, 6.07) is 14.2. The van der Waals surface area contributed by atoms with Crippen LogP contribution in [0.3, 0.4) is 0 Å². The Balaban J connectivity index is 2.04. The van der Waals surface area contributed by atoms with E-state index in [4.69, 9.17) is 15.9 Å². The molecule has 2 rings (SSSR count). The van der Waals surface area contributed by atoms with Crippen LogP contribution in [-0.2, 0) is 4.79 Å². The lowest BCUT2D eigenvalue weighted by molar-refractivity contribution is -0.121. The summed E-state index contributed by atoms with van der Waals surface area (Å²) in [4.78, 5) is 12.4. The lowest BCUT2D eigenvalue weighted by Crippen LogP contribution is -2.28. The monoisotopic (exact) mass is 440 g/mol. The van der Waals surface area contributed by atoms with Crippen molar-refractivity contribution >= 4 is 21.8 Å². The molecule has 0 radical (unpaired) electrons. The van der Waals surface area contributed by atoms with Gasteiger partial charge in [0.15, 0.2) is 11.5 Å². The van der Waals surface area contributed by atoms with Crippen molar-refractivity contribution in [1.29, 1.82) is 5.26 Å². The Hall–Kier alpha value is -2.96. The van der Waals surface area contributed by atoms with Crippen molar-refractivity contribution in [3.05, 3.63) is 58.1 Å². The van der Waals surface area contributed by atoms with Crippen molar-refractivity contribution in [2.45, 2.75) is 25.3 Å². The van der Waals surface area contributed by atoms with Gasteiger partial charge < -0.3 is 14.8 Å². The summed E-state index contributed by atoms with van der Waals surface area (Å²) in [5.41, 5.74) is 1.67. The molecule has 2 aromatic carbocycles. The van der Waals surface area contributed by atoms with Crippen LogP contribution < -0.4 is 14.8 Å². The standard InChI is InChI=1S/C22H21BrN2O3/c1-4-11-28-20-10-7-17(13-21(20)27-3)15(2)12-22(26)25-19(14-24)16-5-8-18(23)9-6-16/h1,5-10,13,15,19H,11-12H2,2-3H3,(H,25,26). The maximum atomic E-state index is 12.4. The molecule has 0 aromatic heterocycles. The highest BCUT2D eigenvalue weighted by atomic mass is 79.9. The summed E-state index contributed by atoms with van der Waals surface area (Å²) in [7, 11) is 1.55. The second-order valence-electron chi connectivity index (χ2n) is 6.19. The molecule has 1 amide bonds. The Morgan fingerprint density at radius 2 is 1.89 bits per heavy atom. The molecular formula is C22H21BrN2O3. The van der Waals surface area contributed by atoms with Gasteiger partial charge in [-0.15, -0.1) is 6.42 Å². The number of amides is 1. The van der Waals surface area contributed by atoms with Crippen LogP contribution in [0.5, 0.6) is 11.5 Å². The van der Waals surface area contributed by atoms with Crippen LogP contribution in [0.4, 0.5) is 0 Å². The number of methoxy groups -OCH3 is 1. The first-order valence-electron chi connectivity index (χ1n) is 8.67. The first-order valence-corrected chi connectivity index (χ1v) is 9.46. The molecule has 2 unspecified atom stereocenters. The number of carbonyl (C=O) groups is 1. The van der Waals surface area contributed by atoms with Gasteiger partial charge in [0.25, 0.3) is 0 Å². The van der Waals surface area contributed by atoms with Crippen LogP contribution in [0, 0.1) is 23.7 Å². The number of nitriles is 1. The topological polar surface area (TPSA) is 71.3 Å². The first-order chi connectivity index (χ1) is 13.5. The molecule has 0 aliphatic rings. The zero-order valence-electron chi connectivity index (χ0n) is 15.7. The van der Waals surface area contributed by atoms with Crippen molar-refractivity contribution in [2.75, 3.05) is 13.7 Å². The fourth-order valence-corrected chi connectivity index (χ4v) is 2.95. The van der Waals surface area contributed by atoms with Crippen molar-refractivity contribution in [3.8, 4) is 29.9 Å². The summed E-state index contributed by atoms with van der Waals surface area (Å²) >= 11 is 3.36. The maximum absolute atomic E-state index is 12.4. The molecule has 2 atom stereocenters. The lowest BCUT2D eigenvalue weighted by Gasteiger charge is -2.17. The fourth-order valence-electron chi connectivity index (χ4n) is 2.69. The van der Waals surface area contributed by atoms with Crippen LogP contribution in [0.1, 0.15) is 36.4 Å². The van der Waals surface area contributed by atoms with Crippen LogP contribution in [0.2, 0.25) is 0 Å². The number of terminal acetylenes is 1. The number of benzene rings is 2. The van der Waals surface area contributed by atoms with Gasteiger partial charge in [-0.2, -0.15) is 5.26 Å². The van der Waals surface area contributed by atoms with Gasteiger partial charge in [0.2, 0.25) is 5.91 Å². The largest absolute Gasteiger partial charge is 0.493 e. The molecule has 6 heteroatoms. The minimum atomic E-state index is -0.693. The number of nitrogens with one attached hydrogen (secondary N) is 1. The fraction of sp³-hybridized carbons (Fsp3) is 0.273. The highest BCUT2D eigenvalue weighted by molar-refractivity contribution is 9.10. The van der Waals surface area contributed by atoms with Crippen LogP contribution in [-0.4, -0.2) is 19.6 Å². The summed E-state index contributed by atoms with van der Waals surface area (Å²) in [5.74, 6) is 3.26. The van der Waals surface area contributed by atoms with Gasteiger partial charge >= 0.3 is 0 Å². The van der Waals surface area contributed by atoms with E-state index in [2.05, 4.69) is 33.2 Å². The van der Waals surface area contributed by atoms with Crippen molar-refractivity contribution in [3.63, 3.8) is 0 Å². The van der Waals surface area contributed by atoms with Gasteiger partial charge in [-0.1, -0.05) is 47.0 Å². The number of ether oxygens (including phenoxy) is 2. The van der Waals surface area contributed by atoms with E-state index in [-0.39, 0.29) is 24.9 Å². The van der Waals surface area contributed by atoms with Crippen molar-refractivity contribution in [1.82, 2.24) is 5.32 Å². The average molecular weight is 441 g/mol. The number of carbonyl (C=O) groups excluding carboxylic acids is 1. The first kappa shape index (κ1) is 21.3. The average Bonchev–Trinajstić information content (AvgIpc) is 2.71. The van der Waals surface area contributed by atoms with Crippen LogP contribution in [0.15, 0.2) is 46.9 Å². The Morgan fingerprint density at radius 3 is 2.50 bits per heavy atom. The van der Waals surface area contributed by atoms with E-state index < -0.39 is 6.04 Å². The number of hydrogen-bond acceptors (Lipinski definition) is 4. The Bertz CT molecular complexity index is 897. The second-order valence-corrected chi connectivity index (χ2v) is 7.11. The third-order valence-electron chi connectivity index (χ3n) is 4.20. The molecule has 0 aliphatic heterocycles. The summed E-state index contributed by atoms with van der Waals surface area (Å²) in [5, 5.41) is 12.2.